The lowest BCUT2D eigenvalue weighted by atomic mass is 10.1. The molecule has 86 valence electrons. The van der Waals surface area contributed by atoms with E-state index in [9.17, 15) is 0 Å². The molecule has 0 atom stereocenters. The van der Waals surface area contributed by atoms with Crippen LogP contribution in [0.1, 0.15) is 5.56 Å². The van der Waals surface area contributed by atoms with Crippen molar-refractivity contribution in [1.82, 2.24) is 0 Å². The van der Waals surface area contributed by atoms with Crippen LogP contribution in [0.5, 0.6) is 17.2 Å². The van der Waals surface area contributed by atoms with Crippen molar-refractivity contribution < 1.29 is 14.2 Å². The van der Waals surface area contributed by atoms with Crippen LogP contribution >= 0.6 is 0 Å². The molecule has 0 saturated heterocycles. The summed E-state index contributed by atoms with van der Waals surface area (Å²) >= 11 is 0. The molecule has 0 aliphatic heterocycles. The SMILES string of the molecule is C#COc1cc(OC)c(CCN)cc1OC. The maximum absolute atomic E-state index is 5.51. The van der Waals surface area contributed by atoms with Crippen molar-refractivity contribution in [2.24, 2.45) is 5.73 Å². The molecule has 0 aromatic heterocycles. The minimum Gasteiger partial charge on any atom is -0.496 e. The van der Waals surface area contributed by atoms with Gasteiger partial charge in [0.05, 0.1) is 14.2 Å². The molecule has 0 fully saturated rings. The first-order valence-electron chi connectivity index (χ1n) is 4.84. The summed E-state index contributed by atoms with van der Waals surface area (Å²) in [4.78, 5) is 0. The van der Waals surface area contributed by atoms with Crippen LogP contribution in [0.15, 0.2) is 12.1 Å². The number of hydrogen-bond donors (Lipinski definition) is 1. The molecule has 2 N–H and O–H groups in total. The van der Waals surface area contributed by atoms with Crippen molar-refractivity contribution in [2.45, 2.75) is 6.42 Å². The fourth-order valence-corrected chi connectivity index (χ4v) is 1.43. The smallest absolute Gasteiger partial charge is 0.185 e. The summed E-state index contributed by atoms with van der Waals surface area (Å²) in [6, 6.07) is 3.52. The zero-order chi connectivity index (χ0) is 12.0. The summed E-state index contributed by atoms with van der Waals surface area (Å²) in [5.74, 6) is 1.72. The summed E-state index contributed by atoms with van der Waals surface area (Å²) in [5, 5.41) is 0. The molecule has 0 unspecified atom stereocenters. The highest BCUT2D eigenvalue weighted by molar-refractivity contribution is 5.51. The van der Waals surface area contributed by atoms with Gasteiger partial charge in [0.1, 0.15) is 11.9 Å². The van der Waals surface area contributed by atoms with E-state index >= 15 is 0 Å². The number of nitrogens with two attached hydrogens (primary N) is 1. The molecular formula is C12H15NO3. The highest BCUT2D eigenvalue weighted by Crippen LogP contribution is 2.34. The van der Waals surface area contributed by atoms with Crippen LogP contribution in [-0.4, -0.2) is 20.8 Å². The second-order valence-corrected chi connectivity index (χ2v) is 3.07. The van der Waals surface area contributed by atoms with Gasteiger partial charge in [0, 0.05) is 6.07 Å². The van der Waals surface area contributed by atoms with E-state index < -0.39 is 0 Å². The number of terminal acetylenes is 1. The Labute approximate surface area is 95.3 Å². The van der Waals surface area contributed by atoms with Crippen molar-refractivity contribution in [1.29, 1.82) is 0 Å². The van der Waals surface area contributed by atoms with Gasteiger partial charge in [0.25, 0.3) is 0 Å². The van der Waals surface area contributed by atoms with Crippen LogP contribution in [0.3, 0.4) is 0 Å². The standard InChI is InChI=1S/C12H15NO3/c1-4-16-12-8-10(14-2)9(5-6-13)7-11(12)15-3/h1,7-8H,5-6,13H2,2-3H3. The molecule has 4 nitrogen and oxygen atoms in total. The number of ether oxygens (including phenoxy) is 3. The van der Waals surface area contributed by atoms with Gasteiger partial charge in [-0.15, -0.1) is 0 Å². The first-order valence-corrected chi connectivity index (χ1v) is 4.84. The van der Waals surface area contributed by atoms with Gasteiger partial charge >= 0.3 is 0 Å². The first-order chi connectivity index (χ1) is 7.76. The molecule has 0 radical (unpaired) electrons. The lowest BCUT2D eigenvalue weighted by molar-refractivity contribution is 0.375. The monoisotopic (exact) mass is 221 g/mol. The van der Waals surface area contributed by atoms with E-state index in [0.717, 1.165) is 5.56 Å². The van der Waals surface area contributed by atoms with Gasteiger partial charge in [-0.25, -0.2) is 0 Å². The van der Waals surface area contributed by atoms with Crippen LogP contribution in [0.25, 0.3) is 0 Å². The fraction of sp³-hybridized carbons (Fsp3) is 0.333. The van der Waals surface area contributed by atoms with Crippen LogP contribution in [0.2, 0.25) is 0 Å². The van der Waals surface area contributed by atoms with E-state index in [0.29, 0.717) is 30.2 Å². The van der Waals surface area contributed by atoms with Crippen molar-refractivity contribution >= 4 is 0 Å². The Morgan fingerprint density at radius 2 is 1.88 bits per heavy atom. The number of rotatable bonds is 5. The van der Waals surface area contributed by atoms with Gasteiger partial charge in [-0.05, 0) is 24.6 Å². The van der Waals surface area contributed by atoms with Crippen LogP contribution in [0, 0.1) is 12.5 Å². The van der Waals surface area contributed by atoms with Crippen molar-refractivity contribution in [3.05, 3.63) is 17.7 Å². The van der Waals surface area contributed by atoms with E-state index in [1.807, 2.05) is 6.07 Å². The Morgan fingerprint density at radius 3 is 2.38 bits per heavy atom. The lowest BCUT2D eigenvalue weighted by Gasteiger charge is -2.12. The average molecular weight is 221 g/mol. The Morgan fingerprint density at radius 1 is 1.19 bits per heavy atom. The fourth-order valence-electron chi connectivity index (χ4n) is 1.43. The molecule has 0 spiro atoms. The molecule has 1 rings (SSSR count). The highest BCUT2D eigenvalue weighted by atomic mass is 16.5. The van der Waals surface area contributed by atoms with E-state index in [1.165, 1.54) is 0 Å². The molecule has 0 saturated carbocycles. The molecule has 0 aliphatic rings. The Kier molecular flexibility index (Phi) is 4.49. The molecular weight excluding hydrogens is 206 g/mol. The Hall–Kier alpha value is -1.86. The van der Waals surface area contributed by atoms with Crippen molar-refractivity contribution in [2.75, 3.05) is 20.8 Å². The average Bonchev–Trinajstić information content (AvgIpc) is 2.31. The van der Waals surface area contributed by atoms with Gasteiger partial charge in [-0.1, -0.05) is 6.42 Å². The first kappa shape index (κ1) is 12.2. The van der Waals surface area contributed by atoms with E-state index in [2.05, 4.69) is 6.11 Å². The van der Waals surface area contributed by atoms with Crippen LogP contribution in [-0.2, 0) is 6.42 Å². The van der Waals surface area contributed by atoms with E-state index in [-0.39, 0.29) is 0 Å². The molecule has 1 aromatic carbocycles. The minimum atomic E-state index is 0.461. The van der Waals surface area contributed by atoms with Gasteiger partial charge < -0.3 is 19.9 Å². The third-order valence-corrected chi connectivity index (χ3v) is 2.15. The van der Waals surface area contributed by atoms with Gasteiger partial charge in [-0.2, -0.15) is 0 Å². The van der Waals surface area contributed by atoms with Crippen molar-refractivity contribution in [3.63, 3.8) is 0 Å². The predicted octanol–water partition coefficient (Wildman–Crippen LogP) is 1.17. The Balaban J connectivity index is 3.18. The lowest BCUT2D eigenvalue weighted by Crippen LogP contribution is -2.05. The number of methoxy groups -OCH3 is 2. The molecule has 4 heteroatoms. The normalized spacial score (nSPS) is 9.38. The number of hydrogen-bond acceptors (Lipinski definition) is 4. The summed E-state index contributed by atoms with van der Waals surface area (Å²) in [6.07, 6.45) is 7.89. The highest BCUT2D eigenvalue weighted by Gasteiger charge is 2.11. The minimum absolute atomic E-state index is 0.461. The molecule has 0 aliphatic carbocycles. The molecule has 0 amide bonds. The summed E-state index contributed by atoms with van der Waals surface area (Å²) in [6.45, 7) is 0.537. The van der Waals surface area contributed by atoms with Gasteiger partial charge in [0.15, 0.2) is 11.5 Å². The number of benzene rings is 1. The maximum Gasteiger partial charge on any atom is 0.185 e. The van der Waals surface area contributed by atoms with E-state index in [1.54, 1.807) is 20.3 Å². The largest absolute Gasteiger partial charge is 0.496 e. The molecule has 1 aromatic rings. The quantitative estimate of drug-likeness (QED) is 0.758. The molecule has 0 heterocycles. The van der Waals surface area contributed by atoms with Crippen LogP contribution < -0.4 is 19.9 Å². The third kappa shape index (κ3) is 2.59. The topological polar surface area (TPSA) is 53.7 Å². The molecule has 16 heavy (non-hydrogen) atoms. The van der Waals surface area contributed by atoms with Gasteiger partial charge in [-0.3, -0.25) is 0 Å². The summed E-state index contributed by atoms with van der Waals surface area (Å²) < 4.78 is 15.4. The third-order valence-electron chi connectivity index (χ3n) is 2.15. The maximum atomic E-state index is 5.51. The Bertz CT molecular complexity index is 395. The summed E-state index contributed by atoms with van der Waals surface area (Å²) in [5.41, 5.74) is 6.48. The zero-order valence-corrected chi connectivity index (χ0v) is 9.45. The summed E-state index contributed by atoms with van der Waals surface area (Å²) in [7, 11) is 3.14. The van der Waals surface area contributed by atoms with Crippen LogP contribution in [0.4, 0.5) is 0 Å². The second kappa shape index (κ2) is 5.89. The molecule has 0 bridgehead atoms. The zero-order valence-electron chi connectivity index (χ0n) is 9.45. The van der Waals surface area contributed by atoms with Crippen molar-refractivity contribution in [3.8, 4) is 29.8 Å². The van der Waals surface area contributed by atoms with E-state index in [4.69, 9.17) is 26.4 Å². The second-order valence-electron chi connectivity index (χ2n) is 3.07. The predicted molar refractivity (Wildman–Crippen MR) is 61.8 cm³/mol. The van der Waals surface area contributed by atoms with Gasteiger partial charge in [0.2, 0.25) is 0 Å².